The van der Waals surface area contributed by atoms with Gasteiger partial charge in [-0.2, -0.15) is 0 Å². The average Bonchev–Trinajstić information content (AvgIpc) is 3.21. The van der Waals surface area contributed by atoms with Crippen molar-refractivity contribution >= 4 is 29.3 Å². The molecule has 2 N–H and O–H groups in total. The Balaban J connectivity index is 1.82. The molecule has 0 saturated heterocycles. The van der Waals surface area contributed by atoms with Gasteiger partial charge in [0, 0.05) is 24.2 Å². The molecule has 0 unspecified atom stereocenters. The molecular formula is C24H31ClN4O5. The van der Waals surface area contributed by atoms with Crippen LogP contribution in [0.4, 0.5) is 0 Å². The second-order valence-electron chi connectivity index (χ2n) is 8.86. The first kappa shape index (κ1) is 25.6. The van der Waals surface area contributed by atoms with E-state index in [0.29, 0.717) is 60.4 Å². The number of hydrogen-bond acceptors (Lipinski definition) is 6. The number of carbonyl (C=O) groups excluding carboxylic acids is 3. The van der Waals surface area contributed by atoms with Crippen LogP contribution in [0.25, 0.3) is 0 Å². The highest BCUT2D eigenvalue weighted by Crippen LogP contribution is 2.24. The van der Waals surface area contributed by atoms with E-state index < -0.39 is 0 Å². The Morgan fingerprint density at radius 3 is 2.76 bits per heavy atom. The van der Waals surface area contributed by atoms with Gasteiger partial charge in [-0.15, -0.1) is 0 Å². The van der Waals surface area contributed by atoms with E-state index in [4.69, 9.17) is 20.9 Å². The van der Waals surface area contributed by atoms with Gasteiger partial charge in [0.05, 0.1) is 18.2 Å². The third kappa shape index (κ3) is 7.21. The molecule has 1 aromatic carbocycles. The van der Waals surface area contributed by atoms with Crippen LogP contribution in [-0.2, 0) is 4.79 Å². The molecule has 1 aliphatic heterocycles. The van der Waals surface area contributed by atoms with Gasteiger partial charge in [-0.25, -0.2) is 0 Å². The standard InChI is InChI=1S/C24H31ClN4O5/c1-15(2)10-18-14-33-21-7-6-17(25)12-19(21)23(31)26-8-4-5-9-29(13-22(30)27-18)24(32)20-11-16(3)34-28-20/h6-7,11-12,15,18H,4-5,8-10,13-14H2,1-3H3,(H,26,31)(H,27,30)/t18-/m1/s1. The summed E-state index contributed by atoms with van der Waals surface area (Å²) in [4.78, 5) is 40.1. The summed E-state index contributed by atoms with van der Waals surface area (Å²) in [5.41, 5.74) is 0.501. The van der Waals surface area contributed by atoms with Gasteiger partial charge in [-0.3, -0.25) is 14.4 Å². The first-order valence-electron chi connectivity index (χ1n) is 11.5. The van der Waals surface area contributed by atoms with Crippen molar-refractivity contribution in [2.45, 2.75) is 46.1 Å². The summed E-state index contributed by atoms with van der Waals surface area (Å²) >= 11 is 6.11. The van der Waals surface area contributed by atoms with Crippen LogP contribution in [0, 0.1) is 12.8 Å². The lowest BCUT2D eigenvalue weighted by Gasteiger charge is -2.25. The van der Waals surface area contributed by atoms with E-state index in [-0.39, 0.29) is 42.6 Å². The van der Waals surface area contributed by atoms with Gasteiger partial charge in [0.2, 0.25) is 5.91 Å². The van der Waals surface area contributed by atoms with Crippen LogP contribution in [-0.4, -0.2) is 60.1 Å². The molecular weight excluding hydrogens is 460 g/mol. The number of fused-ring (bicyclic) bond motifs is 1. The molecule has 10 heteroatoms. The number of halogens is 1. The van der Waals surface area contributed by atoms with Gasteiger partial charge in [-0.05, 0) is 50.3 Å². The van der Waals surface area contributed by atoms with Crippen LogP contribution in [0.2, 0.25) is 5.02 Å². The van der Waals surface area contributed by atoms with Crippen LogP contribution in [0.3, 0.4) is 0 Å². The zero-order chi connectivity index (χ0) is 24.7. The number of ether oxygens (including phenoxy) is 1. The van der Waals surface area contributed by atoms with Crippen molar-refractivity contribution in [2.24, 2.45) is 5.92 Å². The zero-order valence-corrected chi connectivity index (χ0v) is 20.5. The number of nitrogens with zero attached hydrogens (tertiary/aromatic N) is 2. The first-order chi connectivity index (χ1) is 16.2. The Labute approximate surface area is 204 Å². The molecule has 2 heterocycles. The number of hydrogen-bond donors (Lipinski definition) is 2. The van der Waals surface area contributed by atoms with Crippen LogP contribution in [0.15, 0.2) is 28.8 Å². The Morgan fingerprint density at radius 1 is 1.26 bits per heavy atom. The average molecular weight is 491 g/mol. The molecule has 3 amide bonds. The highest BCUT2D eigenvalue weighted by atomic mass is 35.5. The molecule has 1 aromatic heterocycles. The summed E-state index contributed by atoms with van der Waals surface area (Å²) in [6, 6.07) is 6.13. The minimum absolute atomic E-state index is 0.113. The lowest BCUT2D eigenvalue weighted by molar-refractivity contribution is -0.122. The van der Waals surface area contributed by atoms with Crippen molar-refractivity contribution in [1.29, 1.82) is 0 Å². The lowest BCUT2D eigenvalue weighted by Crippen LogP contribution is -2.46. The summed E-state index contributed by atoms with van der Waals surface area (Å²) < 4.78 is 11.0. The fourth-order valence-electron chi connectivity index (χ4n) is 3.79. The fourth-order valence-corrected chi connectivity index (χ4v) is 3.96. The minimum Gasteiger partial charge on any atom is -0.491 e. The molecule has 0 radical (unpaired) electrons. The number of benzene rings is 1. The molecule has 0 bridgehead atoms. The van der Waals surface area contributed by atoms with E-state index in [0.717, 1.165) is 0 Å². The summed E-state index contributed by atoms with van der Waals surface area (Å²) in [5.74, 6) is 0.255. The van der Waals surface area contributed by atoms with Gasteiger partial charge in [0.15, 0.2) is 5.69 Å². The maximum Gasteiger partial charge on any atom is 0.276 e. The Bertz CT molecular complexity index is 1020. The van der Waals surface area contributed by atoms with Crippen molar-refractivity contribution in [1.82, 2.24) is 20.7 Å². The highest BCUT2D eigenvalue weighted by molar-refractivity contribution is 6.31. The number of aryl methyl sites for hydroxylation is 1. The van der Waals surface area contributed by atoms with Crippen molar-refractivity contribution in [3.63, 3.8) is 0 Å². The molecule has 184 valence electrons. The van der Waals surface area contributed by atoms with E-state index in [1.165, 1.54) is 4.90 Å². The Hall–Kier alpha value is -3.07. The summed E-state index contributed by atoms with van der Waals surface area (Å²) in [6.07, 6.45) is 1.86. The number of rotatable bonds is 3. The second-order valence-corrected chi connectivity index (χ2v) is 9.29. The van der Waals surface area contributed by atoms with Gasteiger partial charge in [0.25, 0.3) is 11.8 Å². The SMILES string of the molecule is Cc1cc(C(=O)N2CCCCNC(=O)c3cc(Cl)ccc3OC[C@@H](CC(C)C)NC(=O)C2)no1. The van der Waals surface area contributed by atoms with Gasteiger partial charge < -0.3 is 24.8 Å². The third-order valence-corrected chi connectivity index (χ3v) is 5.59. The van der Waals surface area contributed by atoms with E-state index in [1.807, 2.05) is 13.8 Å². The third-order valence-electron chi connectivity index (χ3n) is 5.36. The number of amides is 3. The zero-order valence-electron chi connectivity index (χ0n) is 19.7. The maximum absolute atomic E-state index is 13.0. The van der Waals surface area contributed by atoms with E-state index >= 15 is 0 Å². The van der Waals surface area contributed by atoms with Gasteiger partial charge >= 0.3 is 0 Å². The normalized spacial score (nSPS) is 18.3. The van der Waals surface area contributed by atoms with E-state index in [9.17, 15) is 14.4 Å². The van der Waals surface area contributed by atoms with Crippen molar-refractivity contribution < 1.29 is 23.6 Å². The van der Waals surface area contributed by atoms with Crippen LogP contribution in [0.5, 0.6) is 5.75 Å². The molecule has 1 aliphatic rings. The van der Waals surface area contributed by atoms with Crippen LogP contribution in [0.1, 0.15) is 59.7 Å². The predicted molar refractivity (Wildman–Crippen MR) is 127 cm³/mol. The Kier molecular flexibility index (Phi) is 8.92. The lowest BCUT2D eigenvalue weighted by atomic mass is 10.0. The first-order valence-corrected chi connectivity index (χ1v) is 11.8. The molecule has 0 aliphatic carbocycles. The smallest absolute Gasteiger partial charge is 0.276 e. The molecule has 0 saturated carbocycles. The number of aromatic nitrogens is 1. The van der Waals surface area contributed by atoms with Gasteiger partial charge in [0.1, 0.15) is 18.1 Å². The molecule has 0 spiro atoms. The van der Waals surface area contributed by atoms with Crippen molar-refractivity contribution in [2.75, 3.05) is 26.2 Å². The van der Waals surface area contributed by atoms with Gasteiger partial charge in [-0.1, -0.05) is 30.6 Å². The number of carbonyl (C=O) groups is 3. The maximum atomic E-state index is 13.0. The molecule has 2 aromatic rings. The van der Waals surface area contributed by atoms with E-state index in [1.54, 1.807) is 31.2 Å². The summed E-state index contributed by atoms with van der Waals surface area (Å²) in [6.45, 7) is 6.59. The molecule has 1 atom stereocenters. The number of nitrogens with one attached hydrogen (secondary N) is 2. The molecule has 0 fully saturated rings. The quantitative estimate of drug-likeness (QED) is 0.683. The molecule has 3 rings (SSSR count). The summed E-state index contributed by atoms with van der Waals surface area (Å²) in [5, 5.41) is 10.1. The van der Waals surface area contributed by atoms with Crippen LogP contribution < -0.4 is 15.4 Å². The molecule has 34 heavy (non-hydrogen) atoms. The second kappa shape index (κ2) is 11.9. The van der Waals surface area contributed by atoms with E-state index in [2.05, 4.69) is 15.8 Å². The highest BCUT2D eigenvalue weighted by Gasteiger charge is 2.24. The topological polar surface area (TPSA) is 114 Å². The van der Waals surface area contributed by atoms with Crippen molar-refractivity contribution in [3.05, 3.63) is 46.3 Å². The largest absolute Gasteiger partial charge is 0.491 e. The molecule has 9 nitrogen and oxygen atoms in total. The fraction of sp³-hybridized carbons (Fsp3) is 0.500. The monoisotopic (exact) mass is 490 g/mol. The minimum atomic E-state index is -0.376. The van der Waals surface area contributed by atoms with Crippen LogP contribution >= 0.6 is 11.6 Å². The Morgan fingerprint density at radius 2 is 2.06 bits per heavy atom. The van der Waals surface area contributed by atoms with Crippen molar-refractivity contribution in [3.8, 4) is 5.75 Å². The predicted octanol–water partition coefficient (Wildman–Crippen LogP) is 3.21. The summed E-state index contributed by atoms with van der Waals surface area (Å²) in [7, 11) is 0.